The van der Waals surface area contributed by atoms with Crippen molar-refractivity contribution in [2.75, 3.05) is 0 Å². The summed E-state index contributed by atoms with van der Waals surface area (Å²) in [5.41, 5.74) is 0.991. The van der Waals surface area contributed by atoms with E-state index < -0.39 is 5.97 Å². The van der Waals surface area contributed by atoms with E-state index in [0.29, 0.717) is 15.6 Å². The minimum Gasteiger partial charge on any atom is -0.478 e. The summed E-state index contributed by atoms with van der Waals surface area (Å²) in [4.78, 5) is 10.3. The van der Waals surface area contributed by atoms with Gasteiger partial charge in [0.2, 0.25) is 0 Å². The van der Waals surface area contributed by atoms with Gasteiger partial charge in [-0.05, 0) is 36.3 Å². The van der Waals surface area contributed by atoms with Crippen LogP contribution in [-0.4, -0.2) is 11.1 Å². The van der Waals surface area contributed by atoms with Gasteiger partial charge in [0, 0.05) is 10.5 Å². The molecule has 0 aliphatic heterocycles. The first-order valence-corrected chi connectivity index (χ1v) is 4.66. The van der Waals surface area contributed by atoms with Gasteiger partial charge in [0.05, 0.1) is 0 Å². The lowest BCUT2D eigenvalue weighted by Gasteiger charge is -2.02. The maximum atomic E-state index is 13.2. The van der Waals surface area contributed by atoms with Crippen molar-refractivity contribution in [3.63, 3.8) is 0 Å². The summed E-state index contributed by atoms with van der Waals surface area (Å²) < 4.78 is 13.7. The fourth-order valence-electron chi connectivity index (χ4n) is 1.000. The summed E-state index contributed by atoms with van der Waals surface area (Å²) in [7, 11) is 0. The molecule has 0 aliphatic carbocycles. The molecule has 1 N–H and O–H groups in total. The van der Waals surface area contributed by atoms with E-state index in [0.717, 1.165) is 6.08 Å². The number of aliphatic carboxylic acids is 1. The van der Waals surface area contributed by atoms with E-state index in [1.807, 2.05) is 0 Å². The lowest BCUT2D eigenvalue weighted by molar-refractivity contribution is -0.131. The van der Waals surface area contributed by atoms with Gasteiger partial charge in [-0.1, -0.05) is 15.9 Å². The molecule has 74 valence electrons. The number of hydrogen-bond acceptors (Lipinski definition) is 1. The quantitative estimate of drug-likeness (QED) is 0.829. The van der Waals surface area contributed by atoms with Crippen LogP contribution >= 0.6 is 15.9 Å². The molecular formula is C10H8BrFO2. The molecule has 0 spiro atoms. The summed E-state index contributed by atoms with van der Waals surface area (Å²) >= 11 is 3.13. The van der Waals surface area contributed by atoms with Crippen molar-refractivity contribution in [2.45, 2.75) is 6.92 Å². The van der Waals surface area contributed by atoms with Gasteiger partial charge >= 0.3 is 5.97 Å². The fraction of sp³-hybridized carbons (Fsp3) is 0.100. The molecule has 0 atom stereocenters. The molecular weight excluding hydrogens is 251 g/mol. The number of carbonyl (C=O) groups is 1. The summed E-state index contributed by atoms with van der Waals surface area (Å²) in [6, 6.07) is 3.01. The number of halogens is 2. The number of hydrogen-bond donors (Lipinski definition) is 1. The van der Waals surface area contributed by atoms with Gasteiger partial charge in [-0.15, -0.1) is 0 Å². The molecule has 0 amide bonds. The maximum Gasteiger partial charge on any atom is 0.328 e. The van der Waals surface area contributed by atoms with Crippen LogP contribution in [0.25, 0.3) is 6.08 Å². The van der Waals surface area contributed by atoms with Crippen LogP contribution in [0.5, 0.6) is 0 Å². The lowest BCUT2D eigenvalue weighted by atomic mass is 10.1. The standard InChI is InChI=1S/C10H8BrFO2/c1-6-7(2-3-10(13)14)4-8(11)5-9(6)12/h2-5H,1H3,(H,13,14)/b3-2+. The molecule has 4 heteroatoms. The zero-order valence-electron chi connectivity index (χ0n) is 7.42. The van der Waals surface area contributed by atoms with Gasteiger partial charge in [0.15, 0.2) is 0 Å². The first-order valence-electron chi connectivity index (χ1n) is 3.87. The van der Waals surface area contributed by atoms with Gasteiger partial charge in [0.1, 0.15) is 5.82 Å². The van der Waals surface area contributed by atoms with Crippen LogP contribution in [0.3, 0.4) is 0 Å². The van der Waals surface area contributed by atoms with Crippen molar-refractivity contribution in [3.05, 3.63) is 39.6 Å². The average molecular weight is 259 g/mol. The summed E-state index contributed by atoms with van der Waals surface area (Å²) in [6.45, 7) is 1.60. The van der Waals surface area contributed by atoms with Crippen molar-refractivity contribution in [1.82, 2.24) is 0 Å². The zero-order chi connectivity index (χ0) is 10.7. The molecule has 0 saturated carbocycles. The van der Waals surface area contributed by atoms with E-state index in [1.54, 1.807) is 13.0 Å². The molecule has 1 aromatic carbocycles. The SMILES string of the molecule is Cc1c(F)cc(Br)cc1/C=C/C(=O)O. The predicted molar refractivity (Wildman–Crippen MR) is 55.5 cm³/mol. The maximum absolute atomic E-state index is 13.2. The second-order valence-corrected chi connectivity index (χ2v) is 3.69. The molecule has 0 saturated heterocycles. The fourth-order valence-corrected chi connectivity index (χ4v) is 1.45. The summed E-state index contributed by atoms with van der Waals surface area (Å²) in [6.07, 6.45) is 2.35. The Labute approximate surface area is 89.2 Å². The van der Waals surface area contributed by atoms with E-state index in [-0.39, 0.29) is 5.82 Å². The molecule has 0 radical (unpaired) electrons. The van der Waals surface area contributed by atoms with Gasteiger partial charge < -0.3 is 5.11 Å². The van der Waals surface area contributed by atoms with E-state index >= 15 is 0 Å². The monoisotopic (exact) mass is 258 g/mol. The lowest BCUT2D eigenvalue weighted by Crippen LogP contribution is -1.90. The van der Waals surface area contributed by atoms with Crippen LogP contribution in [0.15, 0.2) is 22.7 Å². The summed E-state index contributed by atoms with van der Waals surface area (Å²) in [5, 5.41) is 8.41. The molecule has 1 rings (SSSR count). The smallest absolute Gasteiger partial charge is 0.328 e. The second-order valence-electron chi connectivity index (χ2n) is 2.77. The molecule has 0 aromatic heterocycles. The molecule has 0 fully saturated rings. The van der Waals surface area contributed by atoms with Crippen LogP contribution in [0.4, 0.5) is 4.39 Å². The number of carboxylic acids is 1. The predicted octanol–water partition coefficient (Wildman–Crippen LogP) is 2.99. The van der Waals surface area contributed by atoms with Crippen LogP contribution in [-0.2, 0) is 4.79 Å². The second kappa shape index (κ2) is 4.37. The third-order valence-corrected chi connectivity index (χ3v) is 2.21. The topological polar surface area (TPSA) is 37.3 Å². The molecule has 2 nitrogen and oxygen atoms in total. The Hall–Kier alpha value is -1.16. The highest BCUT2D eigenvalue weighted by molar-refractivity contribution is 9.10. The number of rotatable bonds is 2. The van der Waals surface area contributed by atoms with Crippen molar-refractivity contribution < 1.29 is 14.3 Å². The Kier molecular flexibility index (Phi) is 3.41. The third kappa shape index (κ3) is 2.67. The zero-order valence-corrected chi connectivity index (χ0v) is 9.01. The molecule has 14 heavy (non-hydrogen) atoms. The van der Waals surface area contributed by atoms with E-state index in [1.165, 1.54) is 12.1 Å². The Morgan fingerprint density at radius 3 is 2.79 bits per heavy atom. The number of benzene rings is 1. The van der Waals surface area contributed by atoms with Crippen LogP contribution in [0, 0.1) is 12.7 Å². The largest absolute Gasteiger partial charge is 0.478 e. The van der Waals surface area contributed by atoms with Gasteiger partial charge in [-0.2, -0.15) is 0 Å². The van der Waals surface area contributed by atoms with E-state index in [2.05, 4.69) is 15.9 Å². The van der Waals surface area contributed by atoms with Crippen LogP contribution in [0.1, 0.15) is 11.1 Å². The number of carboxylic acid groups (broad SMARTS) is 1. The molecule has 0 aliphatic rings. The summed E-state index contributed by atoms with van der Waals surface area (Å²) in [5.74, 6) is -1.41. The highest BCUT2D eigenvalue weighted by Crippen LogP contribution is 2.20. The Bertz CT molecular complexity index is 399. The van der Waals surface area contributed by atoms with Crippen molar-refractivity contribution in [1.29, 1.82) is 0 Å². The first kappa shape index (κ1) is 10.9. The Morgan fingerprint density at radius 2 is 2.21 bits per heavy atom. The van der Waals surface area contributed by atoms with Crippen LogP contribution < -0.4 is 0 Å². The van der Waals surface area contributed by atoms with E-state index in [4.69, 9.17) is 5.11 Å². The normalized spacial score (nSPS) is 10.8. The van der Waals surface area contributed by atoms with Gasteiger partial charge in [-0.25, -0.2) is 9.18 Å². The minimum absolute atomic E-state index is 0.357. The van der Waals surface area contributed by atoms with Crippen molar-refractivity contribution in [3.8, 4) is 0 Å². The Balaban J connectivity index is 3.14. The van der Waals surface area contributed by atoms with Crippen molar-refractivity contribution >= 4 is 28.0 Å². The third-order valence-electron chi connectivity index (χ3n) is 1.75. The minimum atomic E-state index is -1.05. The van der Waals surface area contributed by atoms with Gasteiger partial charge in [-0.3, -0.25) is 0 Å². The molecule has 0 heterocycles. The Morgan fingerprint density at radius 1 is 1.57 bits per heavy atom. The average Bonchev–Trinajstić information content (AvgIpc) is 2.08. The highest BCUT2D eigenvalue weighted by Gasteiger charge is 2.03. The van der Waals surface area contributed by atoms with Crippen molar-refractivity contribution in [2.24, 2.45) is 0 Å². The van der Waals surface area contributed by atoms with E-state index in [9.17, 15) is 9.18 Å². The molecule has 0 unspecified atom stereocenters. The highest BCUT2D eigenvalue weighted by atomic mass is 79.9. The van der Waals surface area contributed by atoms with Crippen LogP contribution in [0.2, 0.25) is 0 Å². The molecule has 0 bridgehead atoms. The first-order chi connectivity index (χ1) is 6.50. The molecule has 1 aromatic rings. The van der Waals surface area contributed by atoms with Gasteiger partial charge in [0.25, 0.3) is 0 Å².